The number of ether oxygens (including phenoxy) is 2. The van der Waals surface area contributed by atoms with E-state index < -0.39 is 6.36 Å². The van der Waals surface area contributed by atoms with Crippen molar-refractivity contribution in [1.29, 1.82) is 0 Å². The van der Waals surface area contributed by atoms with E-state index in [1.54, 1.807) is 12.1 Å². The van der Waals surface area contributed by atoms with Crippen molar-refractivity contribution >= 4 is 11.6 Å². The van der Waals surface area contributed by atoms with Crippen LogP contribution in [0.25, 0.3) is 0 Å². The lowest BCUT2D eigenvalue weighted by molar-refractivity contribution is -0.274. The number of rotatable bonds is 3. The second-order valence-corrected chi connectivity index (χ2v) is 3.87. The normalized spacial score (nSPS) is 11.2. The Balaban J connectivity index is 2.04. The molecule has 0 fully saturated rings. The molecule has 0 unspecified atom stereocenters. The molecule has 0 atom stereocenters. The molecule has 0 N–H and O–H groups in total. The van der Waals surface area contributed by atoms with Gasteiger partial charge in [0.1, 0.15) is 11.5 Å². The summed E-state index contributed by atoms with van der Waals surface area (Å²) in [5.74, 6) is 0.308. The lowest BCUT2D eigenvalue weighted by atomic mass is 10.3. The average molecular weight is 290 g/mol. The van der Waals surface area contributed by atoms with Crippen LogP contribution >= 0.6 is 11.6 Å². The van der Waals surface area contributed by atoms with Crippen molar-refractivity contribution in [3.63, 3.8) is 0 Å². The molecule has 2 aromatic rings. The van der Waals surface area contributed by atoms with E-state index in [4.69, 9.17) is 16.3 Å². The van der Waals surface area contributed by atoms with Crippen LogP contribution in [0.1, 0.15) is 0 Å². The third kappa shape index (κ3) is 4.33. The minimum Gasteiger partial charge on any atom is -0.439 e. The monoisotopic (exact) mass is 289 g/mol. The fraction of sp³-hybridized carbons (Fsp3) is 0.0833. The molecule has 7 heteroatoms. The third-order valence-corrected chi connectivity index (χ3v) is 2.20. The predicted octanol–water partition coefficient (Wildman–Crippen LogP) is 4.43. The molecule has 3 nitrogen and oxygen atoms in total. The van der Waals surface area contributed by atoms with Gasteiger partial charge < -0.3 is 9.47 Å². The number of benzene rings is 1. The Morgan fingerprint density at radius 3 is 2.11 bits per heavy atom. The number of alkyl halides is 3. The Morgan fingerprint density at radius 2 is 1.58 bits per heavy atom. The van der Waals surface area contributed by atoms with Gasteiger partial charge in [-0.15, -0.1) is 13.2 Å². The zero-order valence-corrected chi connectivity index (χ0v) is 10.1. The maximum absolute atomic E-state index is 12.0. The standard InChI is InChI=1S/C12H7ClF3NO2/c13-8-1-6-11(17-7-8)18-9-2-4-10(5-3-9)19-12(14,15)16/h1-7H. The molecule has 0 aliphatic rings. The van der Waals surface area contributed by atoms with Gasteiger partial charge in [-0.2, -0.15) is 0 Å². The number of halogens is 4. The first-order chi connectivity index (χ1) is 8.92. The third-order valence-electron chi connectivity index (χ3n) is 1.98. The van der Waals surface area contributed by atoms with E-state index in [2.05, 4.69) is 9.72 Å². The van der Waals surface area contributed by atoms with Gasteiger partial charge in [0.25, 0.3) is 0 Å². The zero-order valence-electron chi connectivity index (χ0n) is 9.32. The van der Waals surface area contributed by atoms with Gasteiger partial charge in [-0.05, 0) is 30.3 Å². The molecule has 0 radical (unpaired) electrons. The lowest BCUT2D eigenvalue weighted by Gasteiger charge is -2.09. The molecule has 1 aromatic heterocycles. The molecule has 19 heavy (non-hydrogen) atoms. The molecule has 100 valence electrons. The van der Waals surface area contributed by atoms with Gasteiger partial charge in [0.05, 0.1) is 5.02 Å². The topological polar surface area (TPSA) is 31.4 Å². The molecule has 2 rings (SSSR count). The van der Waals surface area contributed by atoms with Crippen LogP contribution in [0, 0.1) is 0 Å². The smallest absolute Gasteiger partial charge is 0.439 e. The number of hydrogen-bond donors (Lipinski definition) is 0. The van der Waals surface area contributed by atoms with Crippen LogP contribution < -0.4 is 9.47 Å². The Hall–Kier alpha value is -1.95. The highest BCUT2D eigenvalue weighted by Crippen LogP contribution is 2.26. The van der Waals surface area contributed by atoms with Crippen LogP contribution in [-0.2, 0) is 0 Å². The summed E-state index contributed by atoms with van der Waals surface area (Å²) in [7, 11) is 0. The molecule has 0 aliphatic carbocycles. The van der Waals surface area contributed by atoms with Crippen LogP contribution in [0.4, 0.5) is 13.2 Å². The molecular weight excluding hydrogens is 283 g/mol. The van der Waals surface area contributed by atoms with E-state index in [1.807, 2.05) is 0 Å². The Labute approximate surface area is 111 Å². The van der Waals surface area contributed by atoms with Gasteiger partial charge >= 0.3 is 6.36 Å². The minimum atomic E-state index is -4.71. The summed E-state index contributed by atoms with van der Waals surface area (Å²) in [6.45, 7) is 0. The molecular formula is C12H7ClF3NO2. The molecule has 0 saturated heterocycles. The summed E-state index contributed by atoms with van der Waals surface area (Å²) in [4.78, 5) is 3.89. The number of aromatic nitrogens is 1. The maximum atomic E-state index is 12.0. The van der Waals surface area contributed by atoms with Crippen molar-refractivity contribution in [2.75, 3.05) is 0 Å². The Bertz CT molecular complexity index is 540. The van der Waals surface area contributed by atoms with Crippen molar-refractivity contribution in [3.05, 3.63) is 47.6 Å². The summed E-state index contributed by atoms with van der Waals surface area (Å²) in [5, 5.41) is 0.460. The van der Waals surface area contributed by atoms with Crippen LogP contribution in [-0.4, -0.2) is 11.3 Å². The van der Waals surface area contributed by atoms with E-state index in [0.29, 0.717) is 10.8 Å². The zero-order chi connectivity index (χ0) is 13.9. The second-order valence-electron chi connectivity index (χ2n) is 3.44. The lowest BCUT2D eigenvalue weighted by Crippen LogP contribution is -2.16. The molecule has 0 spiro atoms. The maximum Gasteiger partial charge on any atom is 0.573 e. The van der Waals surface area contributed by atoms with Crippen LogP contribution in [0.15, 0.2) is 42.6 Å². The SMILES string of the molecule is FC(F)(F)Oc1ccc(Oc2ccc(Cl)cn2)cc1. The van der Waals surface area contributed by atoms with Gasteiger partial charge in [-0.25, -0.2) is 4.98 Å². The first-order valence-electron chi connectivity index (χ1n) is 5.07. The van der Waals surface area contributed by atoms with Gasteiger partial charge in [-0.3, -0.25) is 0 Å². The molecule has 0 amide bonds. The highest BCUT2D eigenvalue weighted by Gasteiger charge is 2.30. The van der Waals surface area contributed by atoms with Crippen LogP contribution in [0.2, 0.25) is 5.02 Å². The van der Waals surface area contributed by atoms with Crippen molar-refractivity contribution in [2.24, 2.45) is 0 Å². The molecule has 0 bridgehead atoms. The number of hydrogen-bond acceptors (Lipinski definition) is 3. The van der Waals surface area contributed by atoms with Gasteiger partial charge in [0.15, 0.2) is 0 Å². The first-order valence-corrected chi connectivity index (χ1v) is 5.45. The molecule has 0 saturated carbocycles. The number of nitrogens with zero attached hydrogens (tertiary/aromatic N) is 1. The molecule has 1 heterocycles. The largest absolute Gasteiger partial charge is 0.573 e. The van der Waals surface area contributed by atoms with Crippen LogP contribution in [0.5, 0.6) is 17.4 Å². The van der Waals surface area contributed by atoms with Crippen LogP contribution in [0.3, 0.4) is 0 Å². The van der Waals surface area contributed by atoms with Gasteiger partial charge in [0.2, 0.25) is 5.88 Å². The molecule has 0 aliphatic heterocycles. The molecule has 1 aromatic carbocycles. The van der Waals surface area contributed by atoms with E-state index >= 15 is 0 Å². The fourth-order valence-corrected chi connectivity index (χ4v) is 1.36. The second kappa shape index (κ2) is 5.36. The predicted molar refractivity (Wildman–Crippen MR) is 62.4 cm³/mol. The average Bonchev–Trinajstić information content (AvgIpc) is 2.33. The van der Waals surface area contributed by atoms with E-state index in [1.165, 1.54) is 18.3 Å². The fourth-order valence-electron chi connectivity index (χ4n) is 1.25. The van der Waals surface area contributed by atoms with Gasteiger partial charge in [0, 0.05) is 12.3 Å². The Morgan fingerprint density at radius 1 is 0.947 bits per heavy atom. The van der Waals surface area contributed by atoms with E-state index in [-0.39, 0.29) is 11.6 Å². The summed E-state index contributed by atoms with van der Waals surface area (Å²) < 4.78 is 44.9. The van der Waals surface area contributed by atoms with Crippen molar-refractivity contribution in [3.8, 4) is 17.4 Å². The summed E-state index contributed by atoms with van der Waals surface area (Å²) in [5.41, 5.74) is 0. The van der Waals surface area contributed by atoms with Crippen molar-refractivity contribution in [1.82, 2.24) is 4.98 Å². The van der Waals surface area contributed by atoms with Crippen molar-refractivity contribution in [2.45, 2.75) is 6.36 Å². The summed E-state index contributed by atoms with van der Waals surface area (Å²) in [6.07, 6.45) is -3.31. The van der Waals surface area contributed by atoms with Gasteiger partial charge in [-0.1, -0.05) is 11.6 Å². The van der Waals surface area contributed by atoms with Crippen molar-refractivity contribution < 1.29 is 22.6 Å². The minimum absolute atomic E-state index is 0.286. The quantitative estimate of drug-likeness (QED) is 0.838. The Kier molecular flexibility index (Phi) is 3.80. The summed E-state index contributed by atoms with van der Waals surface area (Å²) in [6, 6.07) is 8.12. The summed E-state index contributed by atoms with van der Waals surface area (Å²) >= 11 is 5.66. The number of pyridine rings is 1. The highest BCUT2D eigenvalue weighted by atomic mass is 35.5. The first kappa shape index (κ1) is 13.5. The highest BCUT2D eigenvalue weighted by molar-refractivity contribution is 6.30. The van der Waals surface area contributed by atoms with E-state index in [0.717, 1.165) is 12.1 Å². The van der Waals surface area contributed by atoms with E-state index in [9.17, 15) is 13.2 Å².